The first kappa shape index (κ1) is 18.5. The van der Waals surface area contributed by atoms with Gasteiger partial charge in [0.15, 0.2) is 12.4 Å². The van der Waals surface area contributed by atoms with Gasteiger partial charge in [-0.3, -0.25) is 4.79 Å². The molecule has 3 rings (SSSR count). The number of anilines is 1. The Labute approximate surface area is 158 Å². The highest BCUT2D eigenvalue weighted by Crippen LogP contribution is 2.24. The molecule has 2 aromatic carbocycles. The Morgan fingerprint density at radius 1 is 1.11 bits per heavy atom. The monoisotopic (exact) mass is 365 g/mol. The van der Waals surface area contributed by atoms with Crippen LogP contribution in [0.1, 0.15) is 36.8 Å². The largest absolute Gasteiger partial charge is 0.506 e. The van der Waals surface area contributed by atoms with Crippen LogP contribution in [0.15, 0.2) is 60.8 Å². The molecule has 0 aliphatic heterocycles. The van der Waals surface area contributed by atoms with Gasteiger partial charge in [-0.1, -0.05) is 45.0 Å². The summed E-state index contributed by atoms with van der Waals surface area (Å²) >= 11 is 0. The van der Waals surface area contributed by atoms with Crippen LogP contribution in [0, 0.1) is 0 Å². The maximum atomic E-state index is 12.2. The van der Waals surface area contributed by atoms with Crippen molar-refractivity contribution < 1.29 is 14.6 Å². The average molecular weight is 365 g/mol. The number of phenolic OH excluding ortho intramolecular Hbond substituents is 1. The number of rotatable bonds is 5. The Balaban J connectivity index is 1.59. The molecule has 0 unspecified atom stereocenters. The van der Waals surface area contributed by atoms with Gasteiger partial charge in [0.2, 0.25) is 0 Å². The smallest absolute Gasteiger partial charge is 0.276 e. The molecule has 27 heavy (non-hydrogen) atoms. The fourth-order valence-corrected chi connectivity index (χ4v) is 2.51. The fourth-order valence-electron chi connectivity index (χ4n) is 2.51. The summed E-state index contributed by atoms with van der Waals surface area (Å²) < 4.78 is 7.26. The van der Waals surface area contributed by atoms with E-state index < -0.39 is 5.91 Å². The number of carbonyl (C=O) groups excluding carboxylic acids is 1. The van der Waals surface area contributed by atoms with Crippen molar-refractivity contribution in [3.05, 3.63) is 72.1 Å². The highest BCUT2D eigenvalue weighted by atomic mass is 16.5. The number of hydrogen-bond donors (Lipinski definition) is 2. The Bertz CT molecular complexity index is 924. The highest BCUT2D eigenvalue weighted by Gasteiger charge is 2.14. The number of nitrogens with one attached hydrogen (secondary N) is 1. The van der Waals surface area contributed by atoms with Crippen LogP contribution in [-0.2, 0) is 12.1 Å². The van der Waals surface area contributed by atoms with E-state index in [0.717, 1.165) is 5.75 Å². The summed E-state index contributed by atoms with van der Waals surface area (Å²) in [5.74, 6) is 0.343. The van der Waals surface area contributed by atoms with E-state index in [2.05, 4.69) is 31.2 Å². The van der Waals surface area contributed by atoms with Crippen LogP contribution in [-0.4, -0.2) is 20.8 Å². The zero-order valence-corrected chi connectivity index (χ0v) is 15.6. The molecule has 3 aromatic rings. The number of amides is 1. The van der Waals surface area contributed by atoms with Crippen molar-refractivity contribution in [3.8, 4) is 11.5 Å². The normalized spacial score (nSPS) is 11.2. The molecule has 0 radical (unpaired) electrons. The Hall–Kier alpha value is -3.28. The molecule has 6 nitrogen and oxygen atoms in total. The topological polar surface area (TPSA) is 76.4 Å². The van der Waals surface area contributed by atoms with Crippen molar-refractivity contribution in [1.82, 2.24) is 9.78 Å². The van der Waals surface area contributed by atoms with E-state index in [0.29, 0.717) is 5.69 Å². The zero-order chi connectivity index (χ0) is 19.4. The fraction of sp³-hybridized carbons (Fsp3) is 0.238. The summed E-state index contributed by atoms with van der Waals surface area (Å²) in [6, 6.07) is 16.1. The lowest BCUT2D eigenvalue weighted by atomic mass is 9.87. The minimum Gasteiger partial charge on any atom is -0.506 e. The van der Waals surface area contributed by atoms with E-state index in [-0.39, 0.29) is 23.6 Å². The molecule has 0 fully saturated rings. The number of ether oxygens (including phenoxy) is 1. The van der Waals surface area contributed by atoms with Gasteiger partial charge in [-0.15, -0.1) is 0 Å². The third-order valence-electron chi connectivity index (χ3n) is 4.11. The first-order valence-electron chi connectivity index (χ1n) is 8.69. The number of para-hydroxylation sites is 2. The van der Waals surface area contributed by atoms with Crippen LogP contribution < -0.4 is 10.1 Å². The molecule has 140 valence electrons. The second kappa shape index (κ2) is 7.53. The SMILES string of the molecule is CC(C)(C)c1ccc(OCn2ccc(C(=O)Nc3ccccc3O)n2)cc1. The molecule has 0 saturated heterocycles. The third-order valence-corrected chi connectivity index (χ3v) is 4.11. The van der Waals surface area contributed by atoms with Gasteiger partial charge in [0.25, 0.3) is 5.91 Å². The molecule has 0 saturated carbocycles. The van der Waals surface area contributed by atoms with Gasteiger partial charge in [-0.25, -0.2) is 4.68 Å². The summed E-state index contributed by atoms with van der Waals surface area (Å²) in [6.45, 7) is 6.68. The van der Waals surface area contributed by atoms with Gasteiger partial charge in [-0.2, -0.15) is 5.10 Å². The molecule has 0 atom stereocenters. The Morgan fingerprint density at radius 3 is 2.48 bits per heavy atom. The van der Waals surface area contributed by atoms with E-state index in [1.165, 1.54) is 16.3 Å². The number of aromatic nitrogens is 2. The maximum absolute atomic E-state index is 12.2. The first-order chi connectivity index (χ1) is 12.8. The molecular formula is C21H23N3O3. The molecule has 0 aliphatic carbocycles. The molecular weight excluding hydrogens is 342 g/mol. The second-order valence-electron chi connectivity index (χ2n) is 7.26. The summed E-state index contributed by atoms with van der Waals surface area (Å²) in [7, 11) is 0. The van der Waals surface area contributed by atoms with Crippen molar-refractivity contribution in [1.29, 1.82) is 0 Å². The summed E-state index contributed by atoms with van der Waals surface area (Å²) in [4.78, 5) is 12.2. The number of benzene rings is 2. The summed E-state index contributed by atoms with van der Waals surface area (Å²) in [5.41, 5.74) is 1.91. The Morgan fingerprint density at radius 2 is 1.81 bits per heavy atom. The molecule has 1 aromatic heterocycles. The molecule has 6 heteroatoms. The van der Waals surface area contributed by atoms with Crippen molar-refractivity contribution in [2.75, 3.05) is 5.32 Å². The Kier molecular flexibility index (Phi) is 5.16. The first-order valence-corrected chi connectivity index (χ1v) is 8.69. The molecule has 1 amide bonds. The summed E-state index contributed by atoms with van der Waals surface area (Å²) in [5, 5.41) is 16.6. The molecule has 0 spiro atoms. The van der Waals surface area contributed by atoms with Gasteiger partial charge in [0, 0.05) is 6.20 Å². The van der Waals surface area contributed by atoms with E-state index >= 15 is 0 Å². The standard InChI is InChI=1S/C21H23N3O3/c1-21(2,3)15-8-10-16(11-9-15)27-14-24-13-12-18(23-24)20(26)22-17-6-4-5-7-19(17)25/h4-13,25H,14H2,1-3H3,(H,22,26). The second-order valence-corrected chi connectivity index (χ2v) is 7.26. The van der Waals surface area contributed by atoms with Crippen molar-refractivity contribution in [2.24, 2.45) is 0 Å². The van der Waals surface area contributed by atoms with Gasteiger partial charge >= 0.3 is 0 Å². The molecule has 0 bridgehead atoms. The quantitative estimate of drug-likeness (QED) is 0.665. The number of carbonyl (C=O) groups is 1. The zero-order valence-electron chi connectivity index (χ0n) is 15.6. The predicted octanol–water partition coefficient (Wildman–Crippen LogP) is 4.18. The van der Waals surface area contributed by atoms with Crippen molar-refractivity contribution in [2.45, 2.75) is 32.9 Å². The van der Waals surface area contributed by atoms with Gasteiger partial charge in [0.05, 0.1) is 5.69 Å². The molecule has 1 heterocycles. The molecule has 2 N–H and O–H groups in total. The number of aromatic hydroxyl groups is 1. The lowest BCUT2D eigenvalue weighted by Gasteiger charge is -2.19. The maximum Gasteiger partial charge on any atom is 0.276 e. The van der Waals surface area contributed by atoms with E-state index in [9.17, 15) is 9.90 Å². The van der Waals surface area contributed by atoms with Crippen LogP contribution in [0.25, 0.3) is 0 Å². The van der Waals surface area contributed by atoms with Gasteiger partial charge in [-0.05, 0) is 41.3 Å². The predicted molar refractivity (Wildman–Crippen MR) is 104 cm³/mol. The average Bonchev–Trinajstić information content (AvgIpc) is 3.11. The minimum atomic E-state index is -0.398. The van der Waals surface area contributed by atoms with Crippen LogP contribution in [0.4, 0.5) is 5.69 Å². The van der Waals surface area contributed by atoms with Crippen LogP contribution in [0.2, 0.25) is 0 Å². The minimum absolute atomic E-state index is 0.00678. The number of phenols is 1. The van der Waals surface area contributed by atoms with Crippen molar-refractivity contribution in [3.63, 3.8) is 0 Å². The van der Waals surface area contributed by atoms with Gasteiger partial charge in [0.1, 0.15) is 11.5 Å². The van der Waals surface area contributed by atoms with Gasteiger partial charge < -0.3 is 15.2 Å². The van der Waals surface area contributed by atoms with Crippen LogP contribution in [0.3, 0.4) is 0 Å². The lowest BCUT2D eigenvalue weighted by Crippen LogP contribution is -2.14. The third kappa shape index (κ3) is 4.67. The summed E-state index contributed by atoms with van der Waals surface area (Å²) in [6.07, 6.45) is 1.67. The lowest BCUT2D eigenvalue weighted by molar-refractivity contribution is 0.102. The number of nitrogens with zero attached hydrogens (tertiary/aromatic N) is 2. The van der Waals surface area contributed by atoms with E-state index in [1.807, 2.05) is 24.3 Å². The number of hydrogen-bond acceptors (Lipinski definition) is 4. The molecule has 0 aliphatic rings. The van der Waals surface area contributed by atoms with E-state index in [4.69, 9.17) is 4.74 Å². The van der Waals surface area contributed by atoms with Crippen molar-refractivity contribution >= 4 is 11.6 Å². The van der Waals surface area contributed by atoms with Crippen LogP contribution in [0.5, 0.6) is 11.5 Å². The highest BCUT2D eigenvalue weighted by molar-refractivity contribution is 6.03. The van der Waals surface area contributed by atoms with E-state index in [1.54, 1.807) is 30.5 Å². The van der Waals surface area contributed by atoms with Crippen LogP contribution >= 0.6 is 0 Å².